The van der Waals surface area contributed by atoms with E-state index in [1.165, 1.54) is 26.2 Å². The van der Waals surface area contributed by atoms with E-state index in [1.54, 1.807) is 44.4 Å². The Hall–Kier alpha value is -2.38. The van der Waals surface area contributed by atoms with Crippen molar-refractivity contribution < 1.29 is 17.9 Å². The number of sulfonamides is 1. The molecule has 2 aromatic rings. The molecule has 0 radical (unpaired) electrons. The first-order chi connectivity index (χ1) is 11.3. The maximum Gasteiger partial charge on any atom is 0.255 e. The zero-order valence-corrected chi connectivity index (χ0v) is 14.8. The summed E-state index contributed by atoms with van der Waals surface area (Å²) in [5.41, 5.74) is 1.56. The fourth-order valence-electron chi connectivity index (χ4n) is 2.12. The molecule has 0 bridgehead atoms. The highest BCUT2D eigenvalue weighted by Crippen LogP contribution is 2.21. The Bertz CT molecular complexity index is 861. The summed E-state index contributed by atoms with van der Waals surface area (Å²) in [4.78, 5) is 12.6. The molecule has 0 aromatic heterocycles. The first-order valence-electron chi connectivity index (χ1n) is 7.24. The van der Waals surface area contributed by atoms with Gasteiger partial charge >= 0.3 is 0 Å². The molecule has 2 rings (SSSR count). The zero-order valence-electron chi connectivity index (χ0n) is 14.0. The fraction of sp³-hybridized carbons (Fsp3) is 0.235. The van der Waals surface area contributed by atoms with Gasteiger partial charge in [-0.05, 0) is 36.8 Å². The predicted molar refractivity (Wildman–Crippen MR) is 93.0 cm³/mol. The van der Waals surface area contributed by atoms with Gasteiger partial charge in [-0.15, -0.1) is 0 Å². The minimum atomic E-state index is -3.60. The number of benzene rings is 2. The summed E-state index contributed by atoms with van der Waals surface area (Å²) in [7, 11) is 0.842. The molecule has 1 N–H and O–H groups in total. The molecule has 0 unspecified atom stereocenters. The van der Waals surface area contributed by atoms with E-state index in [1.807, 2.05) is 0 Å². The van der Waals surface area contributed by atoms with Crippen LogP contribution in [0.2, 0.25) is 0 Å². The smallest absolute Gasteiger partial charge is 0.255 e. The molecular weight excluding hydrogens is 328 g/mol. The summed E-state index contributed by atoms with van der Waals surface area (Å²) in [6, 6.07) is 11.5. The Morgan fingerprint density at radius 2 is 1.83 bits per heavy atom. The Labute approximate surface area is 142 Å². The van der Waals surface area contributed by atoms with E-state index >= 15 is 0 Å². The van der Waals surface area contributed by atoms with Crippen LogP contribution in [0.15, 0.2) is 47.4 Å². The maximum atomic E-state index is 12.5. The van der Waals surface area contributed by atoms with E-state index in [-0.39, 0.29) is 10.8 Å². The van der Waals surface area contributed by atoms with Gasteiger partial charge in [-0.25, -0.2) is 12.7 Å². The van der Waals surface area contributed by atoms with Crippen molar-refractivity contribution in [2.45, 2.75) is 11.8 Å². The third kappa shape index (κ3) is 3.74. The van der Waals surface area contributed by atoms with Crippen molar-refractivity contribution in [3.8, 4) is 5.75 Å². The van der Waals surface area contributed by atoms with Crippen LogP contribution in [0.4, 0.5) is 5.69 Å². The molecule has 0 saturated heterocycles. The Morgan fingerprint density at radius 3 is 2.46 bits per heavy atom. The molecule has 0 atom stereocenters. The number of rotatable bonds is 5. The van der Waals surface area contributed by atoms with Crippen LogP contribution in [-0.2, 0) is 10.0 Å². The van der Waals surface area contributed by atoms with E-state index < -0.39 is 10.0 Å². The Kier molecular flexibility index (Phi) is 5.26. The quantitative estimate of drug-likeness (QED) is 0.901. The lowest BCUT2D eigenvalue weighted by Gasteiger charge is -2.14. The van der Waals surface area contributed by atoms with E-state index in [2.05, 4.69) is 5.32 Å². The lowest BCUT2D eigenvalue weighted by atomic mass is 10.1. The summed E-state index contributed by atoms with van der Waals surface area (Å²) in [6.07, 6.45) is 0. The summed E-state index contributed by atoms with van der Waals surface area (Å²) in [5, 5.41) is 2.75. The van der Waals surface area contributed by atoms with Gasteiger partial charge in [0, 0.05) is 31.4 Å². The van der Waals surface area contributed by atoms with Crippen molar-refractivity contribution in [1.29, 1.82) is 0 Å². The van der Waals surface area contributed by atoms with Crippen molar-refractivity contribution in [3.05, 3.63) is 53.6 Å². The van der Waals surface area contributed by atoms with Gasteiger partial charge in [-0.3, -0.25) is 4.79 Å². The number of carbonyl (C=O) groups excluding carboxylic acids is 1. The maximum absolute atomic E-state index is 12.5. The average Bonchev–Trinajstić information content (AvgIpc) is 2.54. The number of anilines is 1. The topological polar surface area (TPSA) is 75.7 Å². The summed E-state index contributed by atoms with van der Waals surface area (Å²) >= 11 is 0. The molecule has 0 aliphatic carbocycles. The number of hydrogen-bond acceptors (Lipinski definition) is 4. The molecule has 0 spiro atoms. The van der Waals surface area contributed by atoms with Gasteiger partial charge in [0.25, 0.3) is 5.91 Å². The number of nitrogens with one attached hydrogen (secondary N) is 1. The highest BCUT2D eigenvalue weighted by Gasteiger charge is 2.20. The SMILES string of the molecule is COc1cccc(NC(=O)c2cc(S(=O)(=O)N(C)C)ccc2C)c1. The van der Waals surface area contributed by atoms with Crippen molar-refractivity contribution in [3.63, 3.8) is 0 Å². The molecule has 0 aliphatic heterocycles. The van der Waals surface area contributed by atoms with E-state index in [4.69, 9.17) is 4.74 Å². The van der Waals surface area contributed by atoms with E-state index in [9.17, 15) is 13.2 Å². The van der Waals surface area contributed by atoms with Crippen molar-refractivity contribution in [2.24, 2.45) is 0 Å². The van der Waals surface area contributed by atoms with Crippen LogP contribution in [-0.4, -0.2) is 39.8 Å². The van der Waals surface area contributed by atoms with E-state index in [0.29, 0.717) is 22.6 Å². The molecule has 24 heavy (non-hydrogen) atoms. The van der Waals surface area contributed by atoms with Crippen molar-refractivity contribution in [2.75, 3.05) is 26.5 Å². The van der Waals surface area contributed by atoms with Gasteiger partial charge in [-0.1, -0.05) is 12.1 Å². The normalized spacial score (nSPS) is 11.4. The number of nitrogens with zero attached hydrogens (tertiary/aromatic N) is 1. The van der Waals surface area contributed by atoms with Crippen LogP contribution in [0, 0.1) is 6.92 Å². The van der Waals surface area contributed by atoms with Crippen LogP contribution in [0.5, 0.6) is 5.75 Å². The predicted octanol–water partition coefficient (Wildman–Crippen LogP) is 2.51. The first kappa shape index (κ1) is 18.0. The number of carbonyl (C=O) groups is 1. The third-order valence-electron chi connectivity index (χ3n) is 3.56. The second-order valence-corrected chi connectivity index (χ2v) is 7.60. The molecule has 128 valence electrons. The highest BCUT2D eigenvalue weighted by atomic mass is 32.2. The van der Waals surface area contributed by atoms with Crippen LogP contribution in [0.3, 0.4) is 0 Å². The van der Waals surface area contributed by atoms with Gasteiger partial charge in [0.2, 0.25) is 10.0 Å². The lowest BCUT2D eigenvalue weighted by Crippen LogP contribution is -2.23. The number of aryl methyl sites for hydroxylation is 1. The van der Waals surface area contributed by atoms with Gasteiger partial charge in [0.05, 0.1) is 12.0 Å². The van der Waals surface area contributed by atoms with Gasteiger partial charge in [-0.2, -0.15) is 0 Å². The van der Waals surface area contributed by atoms with Gasteiger partial charge in [0.15, 0.2) is 0 Å². The Balaban J connectivity index is 2.35. The third-order valence-corrected chi connectivity index (χ3v) is 5.37. The van der Waals surface area contributed by atoms with E-state index in [0.717, 1.165) is 4.31 Å². The number of amides is 1. The molecular formula is C17H20N2O4S. The monoisotopic (exact) mass is 348 g/mol. The second-order valence-electron chi connectivity index (χ2n) is 5.45. The largest absolute Gasteiger partial charge is 0.497 e. The molecule has 0 heterocycles. The minimum absolute atomic E-state index is 0.0777. The molecule has 6 nitrogen and oxygen atoms in total. The standard InChI is InChI=1S/C17H20N2O4S/c1-12-8-9-15(24(21,22)19(2)3)11-16(12)17(20)18-13-6-5-7-14(10-13)23-4/h5-11H,1-4H3,(H,18,20). The van der Waals surface area contributed by atoms with Gasteiger partial charge < -0.3 is 10.1 Å². The van der Waals surface area contributed by atoms with Crippen LogP contribution in [0.1, 0.15) is 15.9 Å². The minimum Gasteiger partial charge on any atom is -0.497 e. The Morgan fingerprint density at radius 1 is 1.12 bits per heavy atom. The number of hydrogen-bond donors (Lipinski definition) is 1. The summed E-state index contributed by atoms with van der Waals surface area (Å²) in [5.74, 6) is 0.241. The lowest BCUT2D eigenvalue weighted by molar-refractivity contribution is 0.102. The van der Waals surface area contributed by atoms with Crippen LogP contribution >= 0.6 is 0 Å². The number of methoxy groups -OCH3 is 1. The van der Waals surface area contributed by atoms with Crippen LogP contribution < -0.4 is 10.1 Å². The summed E-state index contributed by atoms with van der Waals surface area (Å²) in [6.45, 7) is 1.76. The molecule has 0 aliphatic rings. The molecule has 1 amide bonds. The highest BCUT2D eigenvalue weighted by molar-refractivity contribution is 7.89. The zero-order chi connectivity index (χ0) is 17.9. The molecule has 2 aromatic carbocycles. The average molecular weight is 348 g/mol. The fourth-order valence-corrected chi connectivity index (χ4v) is 3.04. The molecule has 0 saturated carbocycles. The summed E-state index contributed by atoms with van der Waals surface area (Å²) < 4.78 is 30.7. The van der Waals surface area contributed by atoms with Crippen molar-refractivity contribution in [1.82, 2.24) is 4.31 Å². The first-order valence-corrected chi connectivity index (χ1v) is 8.68. The molecule has 7 heteroatoms. The molecule has 0 fully saturated rings. The van der Waals surface area contributed by atoms with Crippen LogP contribution in [0.25, 0.3) is 0 Å². The second kappa shape index (κ2) is 7.02. The van der Waals surface area contributed by atoms with Gasteiger partial charge in [0.1, 0.15) is 5.75 Å². The van der Waals surface area contributed by atoms with Crippen molar-refractivity contribution >= 4 is 21.6 Å². The number of ether oxygens (including phenoxy) is 1.